The van der Waals surface area contributed by atoms with E-state index >= 15 is 0 Å². The van der Waals surface area contributed by atoms with Crippen molar-refractivity contribution in [2.75, 3.05) is 7.11 Å². The molecule has 0 amide bonds. The highest BCUT2D eigenvalue weighted by Gasteiger charge is 2.40. The molecule has 0 saturated carbocycles. The first kappa shape index (κ1) is 7.57. The van der Waals surface area contributed by atoms with Crippen molar-refractivity contribution < 1.29 is 23.9 Å². The SMILES string of the molecule is COC(=O)[Si](O)(O)O. The van der Waals surface area contributed by atoms with Crippen LogP contribution in [-0.2, 0) is 4.74 Å². The Labute approximate surface area is 46.5 Å². The van der Waals surface area contributed by atoms with Crippen LogP contribution in [0.2, 0.25) is 0 Å². The summed E-state index contributed by atoms with van der Waals surface area (Å²) >= 11 is 0. The third kappa shape index (κ3) is 2.03. The summed E-state index contributed by atoms with van der Waals surface area (Å²) in [6.07, 6.45) is 0. The Bertz CT molecular complexity index is 93.1. The molecule has 6 heteroatoms. The molecule has 0 atom stereocenters. The number of hydrogen-bond acceptors (Lipinski definition) is 5. The molecule has 0 aliphatic rings. The van der Waals surface area contributed by atoms with Crippen molar-refractivity contribution in [3.8, 4) is 0 Å². The van der Waals surface area contributed by atoms with Crippen LogP contribution in [0.5, 0.6) is 0 Å². The van der Waals surface area contributed by atoms with Crippen LogP contribution in [0.25, 0.3) is 0 Å². The molecule has 5 nitrogen and oxygen atoms in total. The van der Waals surface area contributed by atoms with E-state index in [1.165, 1.54) is 0 Å². The zero-order valence-electron chi connectivity index (χ0n) is 4.16. The number of ether oxygens (including phenoxy) is 1. The molecule has 3 N–H and O–H groups in total. The Morgan fingerprint density at radius 1 is 1.50 bits per heavy atom. The second-order valence-electron chi connectivity index (χ2n) is 1.13. The standard InChI is InChI=1S/C2H6O5Si/c1-7-2(3)8(4,5)6/h4-6H,1H3. The molecule has 0 saturated heterocycles. The Hall–Kier alpha value is -0.433. The highest BCUT2D eigenvalue weighted by Crippen LogP contribution is 1.89. The van der Waals surface area contributed by atoms with Crippen molar-refractivity contribution in [2.45, 2.75) is 0 Å². The minimum atomic E-state index is -4.62. The maximum atomic E-state index is 9.92. The molecule has 0 aromatic heterocycles. The van der Waals surface area contributed by atoms with E-state index in [1.807, 2.05) is 0 Å². The molecule has 0 aliphatic carbocycles. The zero-order valence-corrected chi connectivity index (χ0v) is 5.16. The molecule has 0 aromatic carbocycles. The van der Waals surface area contributed by atoms with Crippen LogP contribution in [0.1, 0.15) is 0 Å². The quantitative estimate of drug-likeness (QED) is 0.374. The van der Waals surface area contributed by atoms with Gasteiger partial charge in [0, 0.05) is 0 Å². The van der Waals surface area contributed by atoms with E-state index in [1.54, 1.807) is 0 Å². The molecular formula is C2H6O5Si. The molecule has 48 valence electrons. The van der Waals surface area contributed by atoms with Gasteiger partial charge in [0.05, 0.1) is 7.11 Å². The minimum Gasteiger partial charge on any atom is -0.467 e. The second kappa shape index (κ2) is 2.22. The van der Waals surface area contributed by atoms with E-state index in [4.69, 9.17) is 14.4 Å². The van der Waals surface area contributed by atoms with Gasteiger partial charge < -0.3 is 19.1 Å². The molecule has 0 aromatic rings. The Morgan fingerprint density at radius 3 is 1.88 bits per heavy atom. The minimum absolute atomic E-state index is 0.951. The highest BCUT2D eigenvalue weighted by atomic mass is 28.4. The summed E-state index contributed by atoms with van der Waals surface area (Å²) in [5, 5.41) is 0. The van der Waals surface area contributed by atoms with Gasteiger partial charge in [-0.3, -0.25) is 0 Å². The smallest absolute Gasteiger partial charge is 0.467 e. The van der Waals surface area contributed by atoms with Crippen molar-refractivity contribution in [1.29, 1.82) is 0 Å². The maximum Gasteiger partial charge on any atom is 0.613 e. The summed E-state index contributed by atoms with van der Waals surface area (Å²) < 4.78 is 3.79. The van der Waals surface area contributed by atoms with Crippen molar-refractivity contribution in [1.82, 2.24) is 0 Å². The van der Waals surface area contributed by atoms with E-state index in [2.05, 4.69) is 4.74 Å². The first-order valence-electron chi connectivity index (χ1n) is 1.74. The molecule has 0 aliphatic heterocycles. The van der Waals surface area contributed by atoms with E-state index in [0.717, 1.165) is 7.11 Å². The summed E-state index contributed by atoms with van der Waals surface area (Å²) in [6, 6.07) is 0. The Kier molecular flexibility index (Phi) is 2.10. The second-order valence-corrected chi connectivity index (χ2v) is 2.81. The highest BCUT2D eigenvalue weighted by molar-refractivity contribution is 6.87. The van der Waals surface area contributed by atoms with Crippen LogP contribution in [-0.4, -0.2) is 35.9 Å². The zero-order chi connectivity index (χ0) is 6.78. The largest absolute Gasteiger partial charge is 0.613 e. The number of carbonyl (C=O) groups excluding carboxylic acids is 1. The van der Waals surface area contributed by atoms with Crippen LogP contribution in [0.15, 0.2) is 0 Å². The molecule has 0 spiro atoms. The molecule has 0 radical (unpaired) electrons. The monoisotopic (exact) mass is 138 g/mol. The average molecular weight is 138 g/mol. The van der Waals surface area contributed by atoms with E-state index in [-0.39, 0.29) is 0 Å². The van der Waals surface area contributed by atoms with Gasteiger partial charge in [-0.05, 0) is 0 Å². The van der Waals surface area contributed by atoms with Crippen molar-refractivity contribution in [3.63, 3.8) is 0 Å². The van der Waals surface area contributed by atoms with Gasteiger partial charge in [0.2, 0.25) is 0 Å². The molecule has 0 heterocycles. The number of carbonyl (C=O) groups is 1. The van der Waals surface area contributed by atoms with Crippen LogP contribution in [0.3, 0.4) is 0 Å². The third-order valence-corrected chi connectivity index (χ3v) is 1.21. The molecule has 0 unspecified atom stereocenters. The molecule has 8 heavy (non-hydrogen) atoms. The van der Waals surface area contributed by atoms with Crippen LogP contribution in [0, 0.1) is 0 Å². The van der Waals surface area contributed by atoms with Gasteiger partial charge in [0.25, 0.3) is 0 Å². The van der Waals surface area contributed by atoms with Crippen LogP contribution >= 0.6 is 0 Å². The predicted molar refractivity (Wildman–Crippen MR) is 24.8 cm³/mol. The van der Waals surface area contributed by atoms with Gasteiger partial charge in [0.1, 0.15) is 0 Å². The Balaban J connectivity index is 3.82. The maximum absolute atomic E-state index is 9.92. The lowest BCUT2D eigenvalue weighted by Crippen LogP contribution is -2.45. The fraction of sp³-hybridized carbons (Fsp3) is 0.500. The summed E-state index contributed by atoms with van der Waals surface area (Å²) in [4.78, 5) is 34.1. The lowest BCUT2D eigenvalue weighted by Gasteiger charge is -2.03. The number of hydrogen-bond donors (Lipinski definition) is 3. The van der Waals surface area contributed by atoms with Gasteiger partial charge in [-0.2, -0.15) is 0 Å². The summed E-state index contributed by atoms with van der Waals surface area (Å²) in [5.74, 6) is 0. The van der Waals surface area contributed by atoms with Gasteiger partial charge >= 0.3 is 14.4 Å². The van der Waals surface area contributed by atoms with Gasteiger partial charge in [-0.25, -0.2) is 4.79 Å². The lowest BCUT2D eigenvalue weighted by molar-refractivity contribution is 0.154. The topological polar surface area (TPSA) is 87.0 Å². The molecule has 0 fully saturated rings. The van der Waals surface area contributed by atoms with Crippen molar-refractivity contribution >= 4 is 14.4 Å². The summed E-state index contributed by atoms with van der Waals surface area (Å²) in [5.41, 5.74) is -1.36. The van der Waals surface area contributed by atoms with Gasteiger partial charge in [-0.1, -0.05) is 0 Å². The summed E-state index contributed by atoms with van der Waals surface area (Å²) in [7, 11) is -3.67. The normalized spacial score (nSPS) is 11.0. The fourth-order valence-electron chi connectivity index (χ4n) is 0.137. The Morgan fingerprint density at radius 2 is 1.88 bits per heavy atom. The lowest BCUT2D eigenvalue weighted by atomic mass is 11.5. The number of rotatable bonds is 1. The van der Waals surface area contributed by atoms with Gasteiger partial charge in [0.15, 0.2) is 0 Å². The molecular weight excluding hydrogens is 132 g/mol. The molecule has 0 bridgehead atoms. The van der Waals surface area contributed by atoms with E-state index in [0.29, 0.717) is 0 Å². The van der Waals surface area contributed by atoms with E-state index in [9.17, 15) is 4.79 Å². The van der Waals surface area contributed by atoms with Crippen molar-refractivity contribution in [3.05, 3.63) is 0 Å². The van der Waals surface area contributed by atoms with Crippen LogP contribution < -0.4 is 0 Å². The van der Waals surface area contributed by atoms with Gasteiger partial charge in [-0.15, -0.1) is 0 Å². The number of methoxy groups -OCH3 is 1. The summed E-state index contributed by atoms with van der Waals surface area (Å²) in [6.45, 7) is 0. The predicted octanol–water partition coefficient (Wildman–Crippen LogP) is -1.75. The average Bonchev–Trinajstić information content (AvgIpc) is 1.62. The third-order valence-electron chi connectivity index (χ3n) is 0.459. The first-order valence-corrected chi connectivity index (χ1v) is 3.58. The van der Waals surface area contributed by atoms with Crippen molar-refractivity contribution in [2.24, 2.45) is 0 Å². The van der Waals surface area contributed by atoms with Crippen LogP contribution in [0.4, 0.5) is 4.79 Å². The first-order chi connectivity index (χ1) is 3.48. The van der Waals surface area contributed by atoms with E-state index < -0.39 is 14.4 Å². The fourth-order valence-corrected chi connectivity index (χ4v) is 0.411. The molecule has 0 rings (SSSR count).